The summed E-state index contributed by atoms with van der Waals surface area (Å²) in [6.07, 6.45) is 0.266. The minimum absolute atomic E-state index is 0.266. The molecular weight excluding hydrogens is 184 g/mol. The minimum Gasteiger partial charge on any atom is -0.480 e. The predicted molar refractivity (Wildman–Crippen MR) is 50.6 cm³/mol. The average Bonchev–Trinajstić information content (AvgIpc) is 2.19. The number of aliphatic carboxylic acids is 1. The number of nitrogens with two attached hydrogens (primary N) is 1. The fraction of sp³-hybridized carbons (Fsp3) is 0.300. The van der Waals surface area contributed by atoms with Crippen molar-refractivity contribution in [3.05, 3.63) is 35.4 Å². The number of benzene rings is 1. The van der Waals surface area contributed by atoms with E-state index in [-0.39, 0.29) is 6.42 Å². The molecule has 0 saturated carbocycles. The predicted octanol–water partition coefficient (Wildman–Crippen LogP) is 1.11. The molecule has 1 rings (SSSR count). The van der Waals surface area contributed by atoms with Crippen molar-refractivity contribution in [2.75, 3.05) is 0 Å². The molecule has 14 heavy (non-hydrogen) atoms. The highest BCUT2D eigenvalue weighted by Gasteiger charge is 2.11. The van der Waals surface area contributed by atoms with Crippen molar-refractivity contribution in [3.63, 3.8) is 0 Å². The number of hydrogen-bond acceptors (Lipinski definition) is 2. The van der Waals surface area contributed by atoms with Gasteiger partial charge in [-0.25, -0.2) is 4.39 Å². The Balaban J connectivity index is 2.64. The third kappa shape index (κ3) is 2.81. The molecule has 0 unspecified atom stereocenters. The first-order valence-corrected chi connectivity index (χ1v) is 4.25. The van der Waals surface area contributed by atoms with Crippen LogP contribution in [0, 0.1) is 0 Å². The van der Waals surface area contributed by atoms with Gasteiger partial charge in [-0.15, -0.1) is 0 Å². The summed E-state index contributed by atoms with van der Waals surface area (Å²) in [6, 6.07) is 5.75. The SMILES string of the molecule is N[C@@H](Cc1ccc(C[18F])cc1)C(=O)O. The first-order valence-electron chi connectivity index (χ1n) is 4.25. The first kappa shape index (κ1) is 10.7. The maximum Gasteiger partial charge on any atom is 0.320 e. The Morgan fingerprint density at radius 1 is 1.36 bits per heavy atom. The molecule has 1 aromatic carbocycles. The van der Waals surface area contributed by atoms with Crippen molar-refractivity contribution in [1.29, 1.82) is 0 Å². The topological polar surface area (TPSA) is 63.3 Å². The lowest BCUT2D eigenvalue weighted by Crippen LogP contribution is -2.32. The van der Waals surface area contributed by atoms with E-state index in [0.29, 0.717) is 5.56 Å². The minimum atomic E-state index is -1.03. The van der Waals surface area contributed by atoms with E-state index in [0.717, 1.165) is 5.56 Å². The zero-order valence-corrected chi connectivity index (χ0v) is 7.61. The molecule has 0 aromatic heterocycles. The maximum absolute atomic E-state index is 12.1. The third-order valence-corrected chi connectivity index (χ3v) is 1.95. The Hall–Kier alpha value is -1.42. The van der Waals surface area contributed by atoms with E-state index < -0.39 is 18.7 Å². The van der Waals surface area contributed by atoms with Crippen LogP contribution in [-0.2, 0) is 17.9 Å². The highest BCUT2D eigenvalue weighted by Crippen LogP contribution is 2.07. The van der Waals surface area contributed by atoms with Crippen molar-refractivity contribution >= 4 is 5.97 Å². The van der Waals surface area contributed by atoms with Gasteiger partial charge in [-0.2, -0.15) is 0 Å². The quantitative estimate of drug-likeness (QED) is 0.758. The molecule has 3 nitrogen and oxygen atoms in total. The molecule has 0 aliphatic carbocycles. The van der Waals surface area contributed by atoms with Gasteiger partial charge in [0.2, 0.25) is 0 Å². The van der Waals surface area contributed by atoms with Crippen molar-refractivity contribution in [2.24, 2.45) is 5.73 Å². The largest absolute Gasteiger partial charge is 0.480 e. The molecule has 0 saturated heterocycles. The molecule has 0 aliphatic rings. The van der Waals surface area contributed by atoms with E-state index in [4.69, 9.17) is 10.8 Å². The van der Waals surface area contributed by atoms with Crippen LogP contribution in [0.25, 0.3) is 0 Å². The number of carboxylic acids is 1. The zero-order chi connectivity index (χ0) is 10.6. The standard InChI is InChI=1S/C10H12FNO2/c11-6-8-3-1-7(2-4-8)5-9(12)10(13)14/h1-4,9H,5-6,12H2,(H,13,14)/t9-/m0/s1/i11-1. The van der Waals surface area contributed by atoms with Crippen LogP contribution in [0.1, 0.15) is 11.1 Å². The number of alkyl halides is 1. The lowest BCUT2D eigenvalue weighted by atomic mass is 10.1. The van der Waals surface area contributed by atoms with E-state index in [2.05, 4.69) is 0 Å². The number of rotatable bonds is 4. The van der Waals surface area contributed by atoms with Crippen LogP contribution in [0.4, 0.5) is 4.39 Å². The van der Waals surface area contributed by atoms with E-state index in [1.165, 1.54) is 0 Å². The molecule has 76 valence electrons. The van der Waals surface area contributed by atoms with Gasteiger partial charge in [-0.1, -0.05) is 24.3 Å². The number of halogens is 1. The summed E-state index contributed by atoms with van der Waals surface area (Å²) >= 11 is 0. The molecule has 3 N–H and O–H groups in total. The second-order valence-corrected chi connectivity index (χ2v) is 3.10. The lowest BCUT2D eigenvalue weighted by molar-refractivity contribution is -0.138. The van der Waals surface area contributed by atoms with Gasteiger partial charge in [-0.05, 0) is 17.5 Å². The van der Waals surface area contributed by atoms with Crippen molar-refractivity contribution in [2.45, 2.75) is 19.1 Å². The summed E-state index contributed by atoms with van der Waals surface area (Å²) in [5.41, 5.74) is 6.73. The molecule has 0 fully saturated rings. The van der Waals surface area contributed by atoms with Crippen LogP contribution in [0.2, 0.25) is 0 Å². The van der Waals surface area contributed by atoms with Gasteiger partial charge in [0.05, 0.1) is 0 Å². The molecule has 0 amide bonds. The van der Waals surface area contributed by atoms with E-state index in [9.17, 15) is 9.18 Å². The van der Waals surface area contributed by atoms with Gasteiger partial charge in [0, 0.05) is 0 Å². The molecule has 0 heterocycles. The highest BCUT2D eigenvalue weighted by molar-refractivity contribution is 5.73. The summed E-state index contributed by atoms with van der Waals surface area (Å²) in [4.78, 5) is 10.4. The van der Waals surface area contributed by atoms with Crippen LogP contribution in [0.3, 0.4) is 0 Å². The summed E-state index contributed by atoms with van der Waals surface area (Å²) in [7, 11) is 0. The Morgan fingerprint density at radius 2 is 1.86 bits per heavy atom. The number of hydrogen-bond donors (Lipinski definition) is 2. The fourth-order valence-electron chi connectivity index (χ4n) is 1.11. The summed E-state index contributed by atoms with van der Waals surface area (Å²) < 4.78 is 12.1. The van der Waals surface area contributed by atoms with Gasteiger partial charge in [0.1, 0.15) is 12.7 Å². The van der Waals surface area contributed by atoms with Gasteiger partial charge in [0.25, 0.3) is 0 Å². The van der Waals surface area contributed by atoms with Crippen molar-refractivity contribution < 1.29 is 14.3 Å². The second kappa shape index (κ2) is 4.72. The maximum atomic E-state index is 12.1. The third-order valence-electron chi connectivity index (χ3n) is 1.95. The normalized spacial score (nSPS) is 12.4. The highest BCUT2D eigenvalue weighted by atomic mass is 18.2. The molecule has 4 heteroatoms. The van der Waals surface area contributed by atoms with Gasteiger partial charge in [-0.3, -0.25) is 4.79 Å². The fourth-order valence-corrected chi connectivity index (χ4v) is 1.11. The van der Waals surface area contributed by atoms with Crippen LogP contribution >= 0.6 is 0 Å². The molecule has 1 atom stereocenters. The van der Waals surface area contributed by atoms with Gasteiger partial charge < -0.3 is 10.8 Å². The average molecular weight is 196 g/mol. The second-order valence-electron chi connectivity index (χ2n) is 3.10. The monoisotopic (exact) mass is 196 g/mol. The molecular formula is C10H12FNO2. The zero-order valence-electron chi connectivity index (χ0n) is 7.61. The van der Waals surface area contributed by atoms with Crippen LogP contribution in [-0.4, -0.2) is 17.1 Å². The first-order chi connectivity index (χ1) is 6.63. The van der Waals surface area contributed by atoms with Crippen LogP contribution in [0.15, 0.2) is 24.3 Å². The Bertz CT molecular complexity index is 310. The Morgan fingerprint density at radius 3 is 2.29 bits per heavy atom. The molecule has 0 radical (unpaired) electrons. The summed E-state index contributed by atoms with van der Waals surface area (Å²) in [6.45, 7) is -0.509. The Kier molecular flexibility index (Phi) is 3.59. The summed E-state index contributed by atoms with van der Waals surface area (Å²) in [5.74, 6) is -1.03. The van der Waals surface area contributed by atoms with Gasteiger partial charge >= 0.3 is 5.97 Å². The molecule has 1 aromatic rings. The van der Waals surface area contributed by atoms with Crippen molar-refractivity contribution in [1.82, 2.24) is 0 Å². The number of carbonyl (C=O) groups is 1. The summed E-state index contributed by atoms with van der Waals surface area (Å²) in [5, 5.41) is 8.56. The van der Waals surface area contributed by atoms with E-state index >= 15 is 0 Å². The lowest BCUT2D eigenvalue weighted by Gasteiger charge is -2.06. The molecule has 0 bridgehead atoms. The molecule has 0 aliphatic heterocycles. The van der Waals surface area contributed by atoms with Crippen LogP contribution < -0.4 is 5.73 Å². The van der Waals surface area contributed by atoms with Crippen molar-refractivity contribution in [3.8, 4) is 0 Å². The van der Waals surface area contributed by atoms with Gasteiger partial charge in [0.15, 0.2) is 0 Å². The smallest absolute Gasteiger partial charge is 0.320 e. The van der Waals surface area contributed by atoms with Crippen LogP contribution in [0.5, 0.6) is 0 Å². The van der Waals surface area contributed by atoms with E-state index in [1.54, 1.807) is 24.3 Å². The van der Waals surface area contributed by atoms with E-state index in [1.807, 2.05) is 0 Å². The Labute approximate surface area is 81.4 Å². The number of carboxylic acid groups (broad SMARTS) is 1. The molecule has 0 spiro atoms.